The van der Waals surface area contributed by atoms with Crippen LogP contribution >= 0.6 is 0 Å². The number of amides is 1. The first-order valence-electron chi connectivity index (χ1n) is 7.30. The Balaban J connectivity index is 1.78. The molecule has 9 heteroatoms. The number of aromatic hydroxyl groups is 1. The van der Waals surface area contributed by atoms with Crippen LogP contribution < -0.4 is 10.1 Å². The highest BCUT2D eigenvalue weighted by Crippen LogP contribution is 2.28. The van der Waals surface area contributed by atoms with E-state index in [-0.39, 0.29) is 29.7 Å². The number of carboxylic acid groups (broad SMARTS) is 1. The van der Waals surface area contributed by atoms with Gasteiger partial charge < -0.3 is 24.7 Å². The summed E-state index contributed by atoms with van der Waals surface area (Å²) in [5.41, 5.74) is 0.674. The lowest BCUT2D eigenvalue weighted by Gasteiger charge is -2.12. The molecule has 0 unspecified atom stereocenters. The molecule has 0 radical (unpaired) electrons. The third-order valence-electron chi connectivity index (χ3n) is 3.26. The minimum absolute atomic E-state index is 0.0106. The van der Waals surface area contributed by atoms with Crippen molar-refractivity contribution in [2.75, 3.05) is 6.61 Å². The Morgan fingerprint density at radius 2 is 2.24 bits per heavy atom. The van der Waals surface area contributed by atoms with E-state index in [9.17, 15) is 14.3 Å². The zero-order valence-electron chi connectivity index (χ0n) is 13.1. The van der Waals surface area contributed by atoms with Crippen molar-refractivity contribution in [1.29, 1.82) is 0 Å². The van der Waals surface area contributed by atoms with Gasteiger partial charge in [-0.1, -0.05) is 0 Å². The molecule has 0 aliphatic carbocycles. The first kappa shape index (κ1) is 16.5. The van der Waals surface area contributed by atoms with Gasteiger partial charge in [-0.15, -0.1) is 0 Å². The molecule has 3 N–H and O–H groups in total. The smallest absolute Gasteiger partial charge is 0.404 e. The predicted octanol–water partition coefficient (Wildman–Crippen LogP) is 2.77. The Kier molecular flexibility index (Phi) is 4.38. The maximum absolute atomic E-state index is 14.3. The van der Waals surface area contributed by atoms with Crippen LogP contribution in [0, 0.1) is 5.82 Å². The number of benzene rings is 1. The van der Waals surface area contributed by atoms with Crippen molar-refractivity contribution in [2.24, 2.45) is 0 Å². The molecule has 0 saturated carbocycles. The lowest BCUT2D eigenvalue weighted by atomic mass is 10.3. The van der Waals surface area contributed by atoms with Crippen LogP contribution in [0.5, 0.6) is 11.5 Å². The number of nitrogens with one attached hydrogen (secondary N) is 1. The van der Waals surface area contributed by atoms with Crippen molar-refractivity contribution in [3.63, 3.8) is 0 Å². The number of phenolic OH excluding ortho intramolecular Hbond substituents is 1. The molecule has 0 bridgehead atoms. The molecule has 0 aliphatic rings. The highest BCUT2D eigenvalue weighted by Gasteiger charge is 2.16. The van der Waals surface area contributed by atoms with Gasteiger partial charge in [0.2, 0.25) is 5.89 Å². The minimum atomic E-state index is -1.17. The second-order valence-electron chi connectivity index (χ2n) is 5.33. The van der Waals surface area contributed by atoms with Crippen molar-refractivity contribution >= 4 is 17.2 Å². The summed E-state index contributed by atoms with van der Waals surface area (Å²) in [6, 6.07) is 5.01. The maximum Gasteiger partial charge on any atom is 0.404 e. The number of rotatable bonds is 5. The average Bonchev–Trinajstić information content (AvgIpc) is 2.95. The summed E-state index contributed by atoms with van der Waals surface area (Å²) in [6.45, 7) is 1.63. The zero-order valence-corrected chi connectivity index (χ0v) is 13.1. The molecule has 1 atom stereocenters. The Morgan fingerprint density at radius 1 is 1.44 bits per heavy atom. The van der Waals surface area contributed by atoms with Crippen LogP contribution in [0.25, 0.3) is 22.7 Å². The molecule has 0 saturated heterocycles. The number of aromatic nitrogens is 2. The predicted molar refractivity (Wildman–Crippen MR) is 85.0 cm³/mol. The molecule has 0 spiro atoms. The van der Waals surface area contributed by atoms with E-state index in [1.165, 1.54) is 18.3 Å². The summed E-state index contributed by atoms with van der Waals surface area (Å²) >= 11 is 0. The van der Waals surface area contributed by atoms with Crippen molar-refractivity contribution in [3.05, 3.63) is 36.3 Å². The van der Waals surface area contributed by atoms with E-state index >= 15 is 0 Å². The molecule has 1 aromatic carbocycles. The Bertz CT molecular complexity index is 927. The number of carbonyl (C=O) groups is 1. The van der Waals surface area contributed by atoms with Crippen LogP contribution in [0.3, 0.4) is 0 Å². The third kappa shape index (κ3) is 3.77. The molecule has 2 aromatic heterocycles. The van der Waals surface area contributed by atoms with Crippen molar-refractivity contribution in [3.8, 4) is 23.1 Å². The van der Waals surface area contributed by atoms with E-state index in [2.05, 4.69) is 15.3 Å². The van der Waals surface area contributed by atoms with Crippen LogP contribution in [-0.2, 0) is 0 Å². The van der Waals surface area contributed by atoms with Gasteiger partial charge in [0.05, 0.1) is 12.2 Å². The molecule has 0 fully saturated rings. The van der Waals surface area contributed by atoms with Crippen LogP contribution in [0.4, 0.5) is 9.18 Å². The number of nitrogens with zero attached hydrogens (tertiary/aromatic N) is 2. The highest BCUT2D eigenvalue weighted by atomic mass is 19.1. The lowest BCUT2D eigenvalue weighted by molar-refractivity contribution is 0.183. The standard InChI is InChI=1S/C16H14FN3O5/c1-8(19-16(22)23)7-24-10-5-11(17)14(18-6-10)15-20-12-3-2-9(21)4-13(12)25-15/h2-6,8,19,21H,7H2,1H3,(H,22,23)/t8-/m0/s1. The number of pyridine rings is 1. The maximum atomic E-state index is 14.3. The summed E-state index contributed by atoms with van der Waals surface area (Å²) in [6.07, 6.45) is 0.121. The number of hydrogen-bond donors (Lipinski definition) is 3. The summed E-state index contributed by atoms with van der Waals surface area (Å²) in [5, 5.41) is 20.2. The van der Waals surface area contributed by atoms with Crippen molar-refractivity contribution in [1.82, 2.24) is 15.3 Å². The fourth-order valence-electron chi connectivity index (χ4n) is 2.14. The van der Waals surface area contributed by atoms with Crippen molar-refractivity contribution < 1.29 is 28.6 Å². The van der Waals surface area contributed by atoms with Gasteiger partial charge in [0, 0.05) is 12.1 Å². The molecule has 0 aliphatic heterocycles. The molecule has 2 heterocycles. The topological polar surface area (TPSA) is 118 Å². The molecular weight excluding hydrogens is 333 g/mol. The van der Waals surface area contributed by atoms with Gasteiger partial charge in [-0.05, 0) is 19.1 Å². The molecule has 1 amide bonds. The second-order valence-corrected chi connectivity index (χ2v) is 5.33. The molecule has 8 nitrogen and oxygen atoms in total. The number of hydrogen-bond acceptors (Lipinski definition) is 6. The minimum Gasteiger partial charge on any atom is -0.508 e. The number of fused-ring (bicyclic) bond motifs is 1. The number of phenols is 1. The van der Waals surface area contributed by atoms with E-state index in [1.807, 2.05) is 0 Å². The van der Waals surface area contributed by atoms with E-state index in [0.29, 0.717) is 11.1 Å². The van der Waals surface area contributed by atoms with Crippen LogP contribution in [0.1, 0.15) is 6.92 Å². The molecule has 3 rings (SSSR count). The van der Waals surface area contributed by atoms with Gasteiger partial charge in [0.1, 0.15) is 23.6 Å². The molecule has 3 aromatic rings. The van der Waals surface area contributed by atoms with Crippen LogP contribution in [0.2, 0.25) is 0 Å². The quantitative estimate of drug-likeness (QED) is 0.649. The van der Waals surface area contributed by atoms with Gasteiger partial charge in [-0.3, -0.25) is 0 Å². The van der Waals surface area contributed by atoms with Gasteiger partial charge in [-0.2, -0.15) is 0 Å². The average molecular weight is 347 g/mol. The van der Waals surface area contributed by atoms with E-state index in [0.717, 1.165) is 6.07 Å². The summed E-state index contributed by atoms with van der Waals surface area (Å²) in [4.78, 5) is 18.6. The second kappa shape index (κ2) is 6.63. The van der Waals surface area contributed by atoms with Crippen LogP contribution in [0.15, 0.2) is 34.9 Å². The zero-order chi connectivity index (χ0) is 18.0. The normalized spacial score (nSPS) is 12.1. The van der Waals surface area contributed by atoms with Gasteiger partial charge in [-0.25, -0.2) is 19.2 Å². The molecule has 130 valence electrons. The monoisotopic (exact) mass is 347 g/mol. The van der Waals surface area contributed by atoms with Crippen LogP contribution in [-0.4, -0.2) is 38.9 Å². The summed E-state index contributed by atoms with van der Waals surface area (Å²) in [7, 11) is 0. The lowest BCUT2D eigenvalue weighted by Crippen LogP contribution is -2.35. The van der Waals surface area contributed by atoms with Crippen molar-refractivity contribution in [2.45, 2.75) is 13.0 Å². The molecular formula is C16H14FN3O5. The van der Waals surface area contributed by atoms with E-state index in [1.54, 1.807) is 13.0 Å². The largest absolute Gasteiger partial charge is 0.508 e. The van der Waals surface area contributed by atoms with Gasteiger partial charge in [0.25, 0.3) is 0 Å². The Labute approximate surface area is 140 Å². The number of halogens is 1. The number of ether oxygens (including phenoxy) is 1. The fourth-order valence-corrected chi connectivity index (χ4v) is 2.14. The number of oxazole rings is 1. The Hall–Kier alpha value is -3.36. The van der Waals surface area contributed by atoms with Gasteiger partial charge >= 0.3 is 6.09 Å². The fraction of sp³-hybridized carbons (Fsp3) is 0.188. The van der Waals surface area contributed by atoms with E-state index in [4.69, 9.17) is 14.3 Å². The SMILES string of the molecule is C[C@@H](COc1cnc(-c2nc3ccc(O)cc3o2)c(F)c1)NC(=O)O. The van der Waals surface area contributed by atoms with E-state index < -0.39 is 18.0 Å². The summed E-state index contributed by atoms with van der Waals surface area (Å²) in [5.74, 6) is -0.566. The van der Waals surface area contributed by atoms with Gasteiger partial charge in [0.15, 0.2) is 17.1 Å². The Morgan fingerprint density at radius 3 is 2.96 bits per heavy atom. The first-order chi connectivity index (χ1) is 11.9. The first-order valence-corrected chi connectivity index (χ1v) is 7.30. The highest BCUT2D eigenvalue weighted by molar-refractivity contribution is 5.77. The summed E-state index contributed by atoms with van der Waals surface area (Å²) < 4.78 is 25.0. The molecule has 25 heavy (non-hydrogen) atoms. The third-order valence-corrected chi connectivity index (χ3v) is 3.26.